The highest BCUT2D eigenvalue weighted by atomic mass is 32.2. The van der Waals surface area contributed by atoms with E-state index < -0.39 is 34.6 Å². The van der Waals surface area contributed by atoms with Gasteiger partial charge in [0.1, 0.15) is 0 Å². The van der Waals surface area contributed by atoms with Crippen molar-refractivity contribution in [2.75, 3.05) is 21.3 Å². The van der Waals surface area contributed by atoms with E-state index in [1.807, 2.05) is 0 Å². The van der Waals surface area contributed by atoms with E-state index >= 15 is 0 Å². The van der Waals surface area contributed by atoms with Crippen molar-refractivity contribution in [2.45, 2.75) is 5.75 Å². The molecule has 0 saturated heterocycles. The lowest BCUT2D eigenvalue weighted by molar-refractivity contribution is 0.324. The Morgan fingerprint density at radius 3 is 1.70 bits per heavy atom. The third-order valence-electron chi connectivity index (χ3n) is 3.55. The Hall–Kier alpha value is -2.42. The zero-order valence-corrected chi connectivity index (χ0v) is 15.4. The molecule has 0 N–H and O–H groups in total. The first-order valence-corrected chi connectivity index (χ1v) is 8.49. The van der Waals surface area contributed by atoms with Gasteiger partial charge in [-0.05, 0) is 29.2 Å². The normalized spacial score (nSPS) is 11.1. The Morgan fingerprint density at radius 2 is 1.26 bits per heavy atom. The van der Waals surface area contributed by atoms with Gasteiger partial charge in [-0.1, -0.05) is 0 Å². The van der Waals surface area contributed by atoms with E-state index in [4.69, 9.17) is 14.2 Å². The summed E-state index contributed by atoms with van der Waals surface area (Å²) in [6.07, 6.45) is 0.832. The number of thioether (sulfide) groups is 1. The highest BCUT2D eigenvalue weighted by Gasteiger charge is 2.24. The van der Waals surface area contributed by atoms with Gasteiger partial charge in [0.2, 0.25) is 11.6 Å². The van der Waals surface area contributed by atoms with Crippen LogP contribution in [0.5, 0.6) is 17.2 Å². The van der Waals surface area contributed by atoms with E-state index in [-0.39, 0.29) is 0 Å². The molecule has 0 bridgehead atoms. The Balaban J connectivity index is 2.20. The van der Waals surface area contributed by atoms with E-state index in [2.05, 4.69) is 0 Å². The lowest BCUT2D eigenvalue weighted by Gasteiger charge is -2.13. The number of ether oxygens (including phenoxy) is 3. The van der Waals surface area contributed by atoms with Crippen molar-refractivity contribution in [2.24, 2.45) is 0 Å². The van der Waals surface area contributed by atoms with Gasteiger partial charge < -0.3 is 14.2 Å². The summed E-state index contributed by atoms with van der Waals surface area (Å²) in [4.78, 5) is 0. The Kier molecular flexibility index (Phi) is 6.95. The first-order valence-electron chi connectivity index (χ1n) is 7.44. The zero-order chi connectivity index (χ0) is 20.1. The average molecular weight is 406 g/mol. The second-order valence-corrected chi connectivity index (χ2v) is 6.03. The van der Waals surface area contributed by atoms with E-state index in [1.165, 1.54) is 26.7 Å². The van der Waals surface area contributed by atoms with Crippen LogP contribution in [-0.2, 0) is 5.75 Å². The van der Waals surface area contributed by atoms with Gasteiger partial charge in [0.25, 0.3) is 0 Å². The van der Waals surface area contributed by atoms with Crippen LogP contribution in [0.2, 0.25) is 0 Å². The second-order valence-electron chi connectivity index (χ2n) is 5.13. The number of rotatable bonds is 7. The fourth-order valence-electron chi connectivity index (χ4n) is 2.25. The molecule has 146 valence electrons. The average Bonchev–Trinajstić information content (AvgIpc) is 2.69. The molecular formula is C18H15F5O3S. The molecule has 27 heavy (non-hydrogen) atoms. The highest BCUT2D eigenvalue weighted by Crippen LogP contribution is 2.39. The van der Waals surface area contributed by atoms with Crippen LogP contribution in [-0.4, -0.2) is 21.3 Å². The van der Waals surface area contributed by atoms with Gasteiger partial charge in [-0.25, -0.2) is 22.0 Å². The molecule has 2 rings (SSSR count). The molecular weight excluding hydrogens is 391 g/mol. The summed E-state index contributed by atoms with van der Waals surface area (Å²) in [5, 5.41) is 1.24. The maximum atomic E-state index is 13.6. The predicted molar refractivity (Wildman–Crippen MR) is 92.7 cm³/mol. The van der Waals surface area contributed by atoms with Gasteiger partial charge in [0, 0.05) is 5.75 Å². The third-order valence-corrected chi connectivity index (χ3v) is 4.38. The maximum absolute atomic E-state index is 13.6. The smallest absolute Gasteiger partial charge is 0.203 e. The number of hydrogen-bond acceptors (Lipinski definition) is 4. The molecule has 0 radical (unpaired) electrons. The Bertz CT molecular complexity index is 817. The molecule has 0 fully saturated rings. The predicted octanol–water partition coefficient (Wildman–Crippen LogP) is 5.31. The number of benzene rings is 2. The largest absolute Gasteiger partial charge is 0.493 e. The molecule has 0 heterocycles. The molecule has 0 unspecified atom stereocenters. The van der Waals surface area contributed by atoms with Crippen LogP contribution in [0.1, 0.15) is 11.1 Å². The second kappa shape index (κ2) is 8.98. The summed E-state index contributed by atoms with van der Waals surface area (Å²) in [5.41, 5.74) is -0.264. The number of hydrogen-bond donors (Lipinski definition) is 0. The fourth-order valence-corrected chi connectivity index (χ4v) is 2.94. The van der Waals surface area contributed by atoms with Crippen molar-refractivity contribution in [1.82, 2.24) is 0 Å². The maximum Gasteiger partial charge on any atom is 0.203 e. The summed E-state index contributed by atoms with van der Waals surface area (Å²) < 4.78 is 82.2. The first-order chi connectivity index (χ1) is 12.8. The summed E-state index contributed by atoms with van der Waals surface area (Å²) in [5.74, 6) is -8.33. The minimum absolute atomic E-state index is 0.322. The molecule has 0 spiro atoms. The molecule has 2 aromatic rings. The molecule has 9 heteroatoms. The van der Waals surface area contributed by atoms with Gasteiger partial charge in [-0.2, -0.15) is 0 Å². The van der Waals surface area contributed by atoms with Crippen LogP contribution in [0.4, 0.5) is 22.0 Å². The van der Waals surface area contributed by atoms with Crippen molar-refractivity contribution < 1.29 is 36.2 Å². The molecule has 0 aliphatic heterocycles. The minimum Gasteiger partial charge on any atom is -0.493 e. The highest BCUT2D eigenvalue weighted by molar-refractivity contribution is 8.01. The van der Waals surface area contributed by atoms with Crippen LogP contribution >= 0.6 is 11.8 Å². The van der Waals surface area contributed by atoms with E-state index in [9.17, 15) is 22.0 Å². The SMILES string of the molecule is COc1cc(CS/C=C\c2c(F)c(F)c(F)c(F)c2F)cc(OC)c1OC. The lowest BCUT2D eigenvalue weighted by Crippen LogP contribution is -2.03. The molecule has 0 aliphatic carbocycles. The van der Waals surface area contributed by atoms with Crippen LogP contribution in [0.3, 0.4) is 0 Å². The van der Waals surface area contributed by atoms with Crippen molar-refractivity contribution in [1.29, 1.82) is 0 Å². The first kappa shape index (κ1) is 20.9. The Morgan fingerprint density at radius 1 is 0.778 bits per heavy atom. The molecule has 0 aliphatic rings. The van der Waals surface area contributed by atoms with Gasteiger partial charge in [-0.15, -0.1) is 11.8 Å². The lowest BCUT2D eigenvalue weighted by atomic mass is 10.1. The van der Waals surface area contributed by atoms with Crippen LogP contribution in [0, 0.1) is 29.1 Å². The molecule has 3 nitrogen and oxygen atoms in total. The topological polar surface area (TPSA) is 27.7 Å². The van der Waals surface area contributed by atoms with Gasteiger partial charge in [0.15, 0.2) is 34.8 Å². The van der Waals surface area contributed by atoms with Gasteiger partial charge in [-0.3, -0.25) is 0 Å². The molecule has 2 aromatic carbocycles. The monoisotopic (exact) mass is 406 g/mol. The zero-order valence-electron chi connectivity index (χ0n) is 14.5. The van der Waals surface area contributed by atoms with E-state index in [0.29, 0.717) is 23.0 Å². The summed E-state index contributed by atoms with van der Waals surface area (Å²) >= 11 is 1.08. The molecule has 0 atom stereocenters. The molecule has 0 aromatic heterocycles. The van der Waals surface area contributed by atoms with Crippen LogP contribution in [0.25, 0.3) is 6.08 Å². The van der Waals surface area contributed by atoms with Gasteiger partial charge in [0.05, 0.1) is 26.9 Å². The van der Waals surface area contributed by atoms with E-state index in [1.54, 1.807) is 12.1 Å². The van der Waals surface area contributed by atoms with Gasteiger partial charge >= 0.3 is 0 Å². The fraction of sp³-hybridized carbons (Fsp3) is 0.222. The quantitative estimate of drug-likeness (QED) is 0.354. The van der Waals surface area contributed by atoms with E-state index in [0.717, 1.165) is 23.4 Å². The molecule has 0 saturated carbocycles. The van der Waals surface area contributed by atoms with Crippen molar-refractivity contribution >= 4 is 17.8 Å². The van der Waals surface area contributed by atoms with Crippen molar-refractivity contribution in [3.8, 4) is 17.2 Å². The van der Waals surface area contributed by atoms with Crippen molar-refractivity contribution in [3.05, 3.63) is 57.8 Å². The number of methoxy groups -OCH3 is 3. The van der Waals surface area contributed by atoms with Crippen molar-refractivity contribution in [3.63, 3.8) is 0 Å². The standard InChI is InChI=1S/C18H15F5O3S/c1-24-11-6-9(7-12(25-2)18(11)26-3)8-27-5-4-10-13(19)15(21)17(23)16(22)14(10)20/h4-7H,8H2,1-3H3/b5-4-. The van der Waals surface area contributed by atoms with Crippen LogP contribution < -0.4 is 14.2 Å². The minimum atomic E-state index is -2.19. The summed E-state index contributed by atoms with van der Waals surface area (Å²) in [6.45, 7) is 0. The number of halogens is 5. The van der Waals surface area contributed by atoms with Crippen LogP contribution in [0.15, 0.2) is 17.5 Å². The summed E-state index contributed by atoms with van der Waals surface area (Å²) in [7, 11) is 4.37. The Labute approximate surface area is 156 Å². The third kappa shape index (κ3) is 4.29. The summed E-state index contributed by atoms with van der Waals surface area (Å²) in [6, 6.07) is 3.36. The molecule has 0 amide bonds.